The molecule has 0 aliphatic rings. The Morgan fingerprint density at radius 2 is 2.32 bits per heavy atom. The van der Waals surface area contributed by atoms with Crippen molar-refractivity contribution in [3.63, 3.8) is 0 Å². The number of furan rings is 1. The van der Waals surface area contributed by atoms with E-state index in [2.05, 4.69) is 25.6 Å². The summed E-state index contributed by atoms with van der Waals surface area (Å²) in [5, 5.41) is 8.91. The van der Waals surface area contributed by atoms with Crippen LogP contribution in [0.5, 0.6) is 0 Å². The monoisotopic (exact) mass is 349 g/mol. The minimum Gasteiger partial charge on any atom is -0.450 e. The smallest absolute Gasteiger partial charge is 0.245 e. The van der Waals surface area contributed by atoms with Crippen LogP contribution in [0.3, 0.4) is 0 Å². The number of aliphatic hydroxyl groups excluding tert-OH is 1. The van der Waals surface area contributed by atoms with E-state index in [-0.39, 0.29) is 28.5 Å². The first kappa shape index (κ1) is 14.3. The molecule has 2 aromatic heterocycles. The SMILES string of the molecule is Cn1ccnc1CNS(=O)(=O)c1cc(CO)oc1Br. The molecule has 0 bridgehead atoms. The maximum Gasteiger partial charge on any atom is 0.245 e. The zero-order valence-corrected chi connectivity index (χ0v) is 12.4. The zero-order chi connectivity index (χ0) is 14.0. The summed E-state index contributed by atoms with van der Waals surface area (Å²) in [5.41, 5.74) is 0. The molecule has 0 unspecified atom stereocenters. The van der Waals surface area contributed by atoms with E-state index in [9.17, 15) is 8.42 Å². The first-order valence-corrected chi connectivity index (χ1v) is 7.56. The van der Waals surface area contributed by atoms with Crippen LogP contribution in [0, 0.1) is 0 Å². The highest BCUT2D eigenvalue weighted by molar-refractivity contribution is 9.10. The molecule has 19 heavy (non-hydrogen) atoms. The predicted molar refractivity (Wildman–Crippen MR) is 69.6 cm³/mol. The molecule has 0 fully saturated rings. The Bertz CT molecular complexity index is 677. The standard InChI is InChI=1S/C10H12BrN3O4S/c1-14-3-2-12-9(14)5-13-19(16,17)8-4-7(6-15)18-10(8)11/h2-4,13,15H,5-6H2,1H3. The van der Waals surface area contributed by atoms with Gasteiger partial charge in [-0.15, -0.1) is 0 Å². The number of aromatic nitrogens is 2. The van der Waals surface area contributed by atoms with Crippen LogP contribution in [-0.2, 0) is 30.2 Å². The normalized spacial score (nSPS) is 11.9. The lowest BCUT2D eigenvalue weighted by atomic mass is 10.5. The van der Waals surface area contributed by atoms with E-state index in [0.29, 0.717) is 5.82 Å². The average Bonchev–Trinajstić information content (AvgIpc) is 2.93. The van der Waals surface area contributed by atoms with E-state index < -0.39 is 10.0 Å². The number of hydrogen-bond donors (Lipinski definition) is 2. The molecular formula is C10H12BrN3O4S. The third-order valence-electron chi connectivity index (χ3n) is 2.49. The Morgan fingerprint density at radius 3 is 2.84 bits per heavy atom. The van der Waals surface area contributed by atoms with Gasteiger partial charge in [0.1, 0.15) is 23.1 Å². The Kier molecular flexibility index (Phi) is 4.09. The zero-order valence-electron chi connectivity index (χ0n) is 10.00. The molecule has 9 heteroatoms. The summed E-state index contributed by atoms with van der Waals surface area (Å²) in [6.45, 7) is -0.300. The maximum absolute atomic E-state index is 12.1. The molecular weight excluding hydrogens is 338 g/mol. The molecule has 0 atom stereocenters. The minimum absolute atomic E-state index is 0.0502. The number of nitrogens with zero attached hydrogens (tertiary/aromatic N) is 2. The second kappa shape index (κ2) is 5.45. The number of halogens is 1. The van der Waals surface area contributed by atoms with Crippen molar-refractivity contribution in [3.8, 4) is 0 Å². The van der Waals surface area contributed by atoms with Gasteiger partial charge in [-0.05, 0) is 15.9 Å². The lowest BCUT2D eigenvalue weighted by Gasteiger charge is -2.05. The molecule has 0 saturated carbocycles. The van der Waals surface area contributed by atoms with Gasteiger partial charge in [0.15, 0.2) is 4.67 Å². The lowest BCUT2D eigenvalue weighted by Crippen LogP contribution is -2.24. The van der Waals surface area contributed by atoms with Crippen molar-refractivity contribution in [2.45, 2.75) is 18.0 Å². The third-order valence-corrected chi connectivity index (χ3v) is 4.75. The molecule has 2 aromatic rings. The summed E-state index contributed by atoms with van der Waals surface area (Å²) in [6.07, 6.45) is 3.31. The summed E-state index contributed by atoms with van der Waals surface area (Å²) in [7, 11) is -1.96. The number of sulfonamides is 1. The second-order valence-electron chi connectivity index (χ2n) is 3.79. The van der Waals surface area contributed by atoms with Crippen molar-refractivity contribution in [2.75, 3.05) is 0 Å². The first-order chi connectivity index (χ1) is 8.94. The van der Waals surface area contributed by atoms with Crippen molar-refractivity contribution in [3.05, 3.63) is 34.7 Å². The lowest BCUT2D eigenvalue weighted by molar-refractivity contribution is 0.245. The molecule has 0 radical (unpaired) electrons. The fourth-order valence-electron chi connectivity index (χ4n) is 1.46. The van der Waals surface area contributed by atoms with Crippen molar-refractivity contribution in [2.24, 2.45) is 7.05 Å². The number of hydrogen-bond acceptors (Lipinski definition) is 5. The Morgan fingerprint density at radius 1 is 1.58 bits per heavy atom. The van der Waals surface area contributed by atoms with Gasteiger partial charge in [0.2, 0.25) is 10.0 Å². The van der Waals surface area contributed by atoms with Gasteiger partial charge >= 0.3 is 0 Å². The molecule has 104 valence electrons. The summed E-state index contributed by atoms with van der Waals surface area (Å²) < 4.78 is 33.4. The van der Waals surface area contributed by atoms with Gasteiger partial charge in [-0.1, -0.05) is 0 Å². The highest BCUT2D eigenvalue weighted by Gasteiger charge is 2.22. The van der Waals surface area contributed by atoms with Gasteiger partial charge in [-0.2, -0.15) is 0 Å². The minimum atomic E-state index is -3.73. The third kappa shape index (κ3) is 3.06. The molecule has 0 aliphatic carbocycles. The summed E-state index contributed by atoms with van der Waals surface area (Å²) >= 11 is 3.01. The largest absolute Gasteiger partial charge is 0.450 e. The van der Waals surface area contributed by atoms with Crippen molar-refractivity contribution < 1.29 is 17.9 Å². The van der Waals surface area contributed by atoms with Gasteiger partial charge < -0.3 is 14.1 Å². The van der Waals surface area contributed by atoms with E-state index in [1.165, 1.54) is 6.07 Å². The second-order valence-corrected chi connectivity index (χ2v) is 6.24. The molecule has 7 nitrogen and oxygen atoms in total. The highest BCUT2D eigenvalue weighted by Crippen LogP contribution is 2.26. The summed E-state index contributed by atoms with van der Waals surface area (Å²) in [4.78, 5) is 3.97. The average molecular weight is 350 g/mol. The molecule has 2 rings (SSSR count). The van der Waals surface area contributed by atoms with E-state index >= 15 is 0 Å². The van der Waals surface area contributed by atoms with Crippen LogP contribution in [0.4, 0.5) is 0 Å². The topological polar surface area (TPSA) is 97.4 Å². The van der Waals surface area contributed by atoms with Crippen LogP contribution in [0.25, 0.3) is 0 Å². The van der Waals surface area contributed by atoms with Gasteiger partial charge in [-0.25, -0.2) is 18.1 Å². The van der Waals surface area contributed by atoms with Gasteiger partial charge in [0, 0.05) is 25.5 Å². The number of nitrogens with one attached hydrogen (secondary N) is 1. The number of imidazole rings is 1. The number of aryl methyl sites for hydroxylation is 1. The van der Waals surface area contributed by atoms with Crippen molar-refractivity contribution >= 4 is 26.0 Å². The first-order valence-electron chi connectivity index (χ1n) is 5.29. The van der Waals surface area contributed by atoms with Gasteiger partial charge in [0.05, 0.1) is 6.54 Å². The van der Waals surface area contributed by atoms with E-state index in [4.69, 9.17) is 9.52 Å². The predicted octanol–water partition coefficient (Wildman–Crippen LogP) is 0.746. The fraction of sp³-hybridized carbons (Fsp3) is 0.300. The maximum atomic E-state index is 12.1. The van der Waals surface area contributed by atoms with Crippen LogP contribution in [-0.4, -0.2) is 23.1 Å². The number of aliphatic hydroxyl groups is 1. The molecule has 0 aromatic carbocycles. The molecule has 0 saturated heterocycles. The van der Waals surface area contributed by atoms with Gasteiger partial charge in [-0.3, -0.25) is 0 Å². The summed E-state index contributed by atoms with van der Waals surface area (Å²) in [6, 6.07) is 1.27. The molecule has 0 aliphatic heterocycles. The Hall–Kier alpha value is -1.16. The van der Waals surface area contributed by atoms with Gasteiger partial charge in [0.25, 0.3) is 0 Å². The number of rotatable bonds is 5. The quantitative estimate of drug-likeness (QED) is 0.829. The fourth-order valence-corrected chi connectivity index (χ4v) is 3.44. The van der Waals surface area contributed by atoms with Crippen LogP contribution in [0.1, 0.15) is 11.6 Å². The Balaban J connectivity index is 2.18. The van der Waals surface area contributed by atoms with E-state index in [1.807, 2.05) is 0 Å². The molecule has 2 heterocycles. The van der Waals surface area contributed by atoms with Crippen molar-refractivity contribution in [1.82, 2.24) is 14.3 Å². The highest BCUT2D eigenvalue weighted by atomic mass is 79.9. The van der Waals surface area contributed by atoms with Crippen LogP contribution >= 0.6 is 15.9 Å². The van der Waals surface area contributed by atoms with Crippen molar-refractivity contribution in [1.29, 1.82) is 0 Å². The molecule has 0 spiro atoms. The summed E-state index contributed by atoms with van der Waals surface area (Å²) in [5.74, 6) is 0.759. The van der Waals surface area contributed by atoms with Crippen LogP contribution in [0.15, 0.2) is 32.4 Å². The van der Waals surface area contributed by atoms with E-state index in [0.717, 1.165) is 0 Å². The Labute approximate surface area is 118 Å². The molecule has 2 N–H and O–H groups in total. The van der Waals surface area contributed by atoms with Crippen LogP contribution in [0.2, 0.25) is 0 Å². The van der Waals surface area contributed by atoms with E-state index in [1.54, 1.807) is 24.0 Å². The van der Waals surface area contributed by atoms with Crippen LogP contribution < -0.4 is 4.72 Å². The molecule has 0 amide bonds.